The summed E-state index contributed by atoms with van der Waals surface area (Å²) in [6.45, 7) is 5.29. The lowest BCUT2D eigenvalue weighted by molar-refractivity contribution is 0.992. The Hall–Kier alpha value is -1.01. The molecule has 0 aromatic carbocycles. The molecule has 0 bridgehead atoms. The van der Waals surface area contributed by atoms with Crippen molar-refractivity contribution in [1.29, 1.82) is 0 Å². The van der Waals surface area contributed by atoms with Gasteiger partial charge in [-0.1, -0.05) is 13.8 Å². The molecule has 104 valence electrons. The first kappa shape index (κ1) is 14.4. The number of rotatable bonds is 6. The quantitative estimate of drug-likeness (QED) is 0.855. The third-order valence-corrected chi connectivity index (χ3v) is 5.12. The van der Waals surface area contributed by atoms with Gasteiger partial charge in [0.05, 0.1) is 5.39 Å². The second-order valence-corrected chi connectivity index (χ2v) is 6.75. The molecule has 2 heterocycles. The summed E-state index contributed by atoms with van der Waals surface area (Å²) in [6, 6.07) is 2.20. The summed E-state index contributed by atoms with van der Waals surface area (Å²) in [5, 5.41) is 8.17. The second-order valence-electron chi connectivity index (χ2n) is 4.36. The van der Waals surface area contributed by atoms with Crippen molar-refractivity contribution >= 4 is 45.1 Å². The minimum Gasteiger partial charge on any atom is -0.368 e. The van der Waals surface area contributed by atoms with E-state index in [-0.39, 0.29) is 0 Å². The van der Waals surface area contributed by atoms with E-state index in [1.165, 1.54) is 4.88 Å². The van der Waals surface area contributed by atoms with Crippen LogP contribution in [0.15, 0.2) is 6.07 Å². The lowest BCUT2D eigenvalue weighted by atomic mass is 10.3. The number of aryl methyl sites for hydroxylation is 1. The molecule has 0 saturated carbocycles. The van der Waals surface area contributed by atoms with Crippen LogP contribution in [-0.2, 0) is 6.42 Å². The van der Waals surface area contributed by atoms with Gasteiger partial charge < -0.3 is 10.6 Å². The maximum atomic E-state index is 4.54. The van der Waals surface area contributed by atoms with Gasteiger partial charge in [0.1, 0.15) is 10.6 Å². The van der Waals surface area contributed by atoms with Crippen LogP contribution in [0.2, 0.25) is 0 Å². The van der Waals surface area contributed by atoms with Crippen molar-refractivity contribution in [3.8, 4) is 0 Å². The van der Waals surface area contributed by atoms with Gasteiger partial charge in [0, 0.05) is 23.7 Å². The monoisotopic (exact) mass is 296 g/mol. The van der Waals surface area contributed by atoms with Gasteiger partial charge in [-0.15, -0.1) is 11.3 Å². The van der Waals surface area contributed by atoms with Crippen LogP contribution < -0.4 is 10.6 Å². The molecule has 2 N–H and O–H groups in total. The van der Waals surface area contributed by atoms with Gasteiger partial charge in [0.15, 0.2) is 0 Å². The van der Waals surface area contributed by atoms with E-state index in [0.29, 0.717) is 11.2 Å². The molecule has 19 heavy (non-hydrogen) atoms. The molecule has 2 aromatic rings. The second kappa shape index (κ2) is 6.43. The van der Waals surface area contributed by atoms with E-state index in [2.05, 4.69) is 46.8 Å². The molecule has 2 aromatic heterocycles. The number of thiophene rings is 1. The van der Waals surface area contributed by atoms with E-state index in [4.69, 9.17) is 0 Å². The van der Waals surface area contributed by atoms with Gasteiger partial charge in [-0.25, -0.2) is 4.98 Å². The standard InChI is InChI=1S/C13H20N4S2/c1-5-9-6-10-11(15-7-8(2)18-4)16-13(14-3)17-12(10)19-9/h6,8H,5,7H2,1-4H3,(H2,14,15,16,17). The van der Waals surface area contributed by atoms with Crippen LogP contribution in [0.1, 0.15) is 18.7 Å². The van der Waals surface area contributed by atoms with Gasteiger partial charge in [0.2, 0.25) is 5.95 Å². The average Bonchev–Trinajstić information content (AvgIpc) is 2.86. The van der Waals surface area contributed by atoms with Crippen molar-refractivity contribution in [3.63, 3.8) is 0 Å². The van der Waals surface area contributed by atoms with Crippen molar-refractivity contribution in [2.45, 2.75) is 25.5 Å². The largest absolute Gasteiger partial charge is 0.368 e. The molecule has 4 nitrogen and oxygen atoms in total. The van der Waals surface area contributed by atoms with Crippen molar-refractivity contribution in [2.75, 3.05) is 30.5 Å². The van der Waals surface area contributed by atoms with Crippen molar-refractivity contribution in [1.82, 2.24) is 9.97 Å². The maximum absolute atomic E-state index is 4.54. The highest BCUT2D eigenvalue weighted by atomic mass is 32.2. The van der Waals surface area contributed by atoms with Gasteiger partial charge in [-0.2, -0.15) is 16.7 Å². The molecular formula is C13H20N4S2. The highest BCUT2D eigenvalue weighted by Crippen LogP contribution is 2.30. The SMILES string of the molecule is CCc1cc2c(NCC(C)SC)nc(NC)nc2s1. The molecular weight excluding hydrogens is 276 g/mol. The Bertz CT molecular complexity index is 553. The van der Waals surface area contributed by atoms with Gasteiger partial charge in [-0.3, -0.25) is 0 Å². The predicted octanol–water partition coefficient (Wildman–Crippen LogP) is 3.46. The van der Waals surface area contributed by atoms with Crippen LogP contribution in [0.5, 0.6) is 0 Å². The molecule has 0 spiro atoms. The highest BCUT2D eigenvalue weighted by Gasteiger charge is 2.11. The summed E-state index contributed by atoms with van der Waals surface area (Å²) in [5.41, 5.74) is 0. The number of nitrogens with one attached hydrogen (secondary N) is 2. The Morgan fingerprint density at radius 2 is 2.21 bits per heavy atom. The fourth-order valence-electron chi connectivity index (χ4n) is 1.72. The maximum Gasteiger partial charge on any atom is 0.225 e. The summed E-state index contributed by atoms with van der Waals surface area (Å²) in [7, 11) is 1.85. The van der Waals surface area contributed by atoms with E-state index in [1.807, 2.05) is 18.8 Å². The van der Waals surface area contributed by atoms with E-state index >= 15 is 0 Å². The topological polar surface area (TPSA) is 49.8 Å². The van der Waals surface area contributed by atoms with E-state index in [1.54, 1.807) is 11.3 Å². The normalized spacial score (nSPS) is 12.6. The summed E-state index contributed by atoms with van der Waals surface area (Å²) >= 11 is 3.59. The smallest absolute Gasteiger partial charge is 0.225 e. The average molecular weight is 296 g/mol. The van der Waals surface area contributed by atoms with Crippen LogP contribution in [0.4, 0.5) is 11.8 Å². The van der Waals surface area contributed by atoms with Crippen LogP contribution >= 0.6 is 23.1 Å². The van der Waals surface area contributed by atoms with Crippen LogP contribution in [0.25, 0.3) is 10.2 Å². The molecule has 0 saturated heterocycles. The van der Waals surface area contributed by atoms with Crippen molar-refractivity contribution < 1.29 is 0 Å². The van der Waals surface area contributed by atoms with Crippen LogP contribution in [0.3, 0.4) is 0 Å². The fraction of sp³-hybridized carbons (Fsp3) is 0.538. The number of thioether (sulfide) groups is 1. The molecule has 0 radical (unpaired) electrons. The third kappa shape index (κ3) is 3.30. The number of anilines is 2. The Kier molecular flexibility index (Phi) is 4.87. The minimum absolute atomic E-state index is 0.562. The molecule has 0 aliphatic rings. The zero-order valence-electron chi connectivity index (χ0n) is 11.8. The van der Waals surface area contributed by atoms with E-state index in [0.717, 1.165) is 29.0 Å². The number of hydrogen-bond acceptors (Lipinski definition) is 6. The molecule has 6 heteroatoms. The Morgan fingerprint density at radius 1 is 1.42 bits per heavy atom. The zero-order chi connectivity index (χ0) is 13.8. The first-order valence-corrected chi connectivity index (χ1v) is 8.53. The molecule has 0 aliphatic carbocycles. The van der Waals surface area contributed by atoms with E-state index < -0.39 is 0 Å². The summed E-state index contributed by atoms with van der Waals surface area (Å²) in [6.07, 6.45) is 3.16. The molecule has 0 fully saturated rings. The van der Waals surface area contributed by atoms with Gasteiger partial charge >= 0.3 is 0 Å². The van der Waals surface area contributed by atoms with E-state index in [9.17, 15) is 0 Å². The summed E-state index contributed by atoms with van der Waals surface area (Å²) in [5.74, 6) is 1.61. The molecule has 1 atom stereocenters. The van der Waals surface area contributed by atoms with Gasteiger partial charge in [-0.05, 0) is 18.7 Å². The summed E-state index contributed by atoms with van der Waals surface area (Å²) in [4.78, 5) is 11.5. The molecule has 1 unspecified atom stereocenters. The number of fused-ring (bicyclic) bond motifs is 1. The van der Waals surface area contributed by atoms with Crippen molar-refractivity contribution in [2.24, 2.45) is 0 Å². The van der Waals surface area contributed by atoms with Crippen molar-refractivity contribution in [3.05, 3.63) is 10.9 Å². The third-order valence-electron chi connectivity index (χ3n) is 2.98. The predicted molar refractivity (Wildman–Crippen MR) is 87.8 cm³/mol. The lowest BCUT2D eigenvalue weighted by Crippen LogP contribution is -2.14. The number of aromatic nitrogens is 2. The lowest BCUT2D eigenvalue weighted by Gasteiger charge is -2.11. The molecule has 2 rings (SSSR count). The zero-order valence-corrected chi connectivity index (χ0v) is 13.4. The first-order chi connectivity index (χ1) is 9.17. The molecule has 0 amide bonds. The molecule has 0 aliphatic heterocycles. The first-order valence-electron chi connectivity index (χ1n) is 6.42. The number of hydrogen-bond donors (Lipinski definition) is 2. The van der Waals surface area contributed by atoms with Crippen LogP contribution in [0, 0.1) is 0 Å². The van der Waals surface area contributed by atoms with Crippen LogP contribution in [-0.4, -0.2) is 35.1 Å². The summed E-state index contributed by atoms with van der Waals surface area (Å²) < 4.78 is 0. The Morgan fingerprint density at radius 3 is 2.84 bits per heavy atom. The number of nitrogens with zero attached hydrogens (tertiary/aromatic N) is 2. The Labute approximate surface area is 122 Å². The van der Waals surface area contributed by atoms with Gasteiger partial charge in [0.25, 0.3) is 0 Å². The highest BCUT2D eigenvalue weighted by molar-refractivity contribution is 7.99. The Balaban J connectivity index is 2.35. The minimum atomic E-state index is 0.562. The fourth-order valence-corrected chi connectivity index (χ4v) is 2.93.